The molecule has 2 atom stereocenters. The second-order valence-corrected chi connectivity index (χ2v) is 19.4. The number of Topliss-reactive ketones (excluding diaryl/α,β-unsaturated/α-hetero) is 1. The van der Waals surface area contributed by atoms with E-state index in [9.17, 15) is 19.2 Å². The fourth-order valence-electron chi connectivity index (χ4n) is 8.54. The van der Waals surface area contributed by atoms with Crippen molar-refractivity contribution in [3.05, 3.63) is 79.4 Å². The van der Waals surface area contributed by atoms with E-state index >= 15 is 0 Å². The highest BCUT2D eigenvalue weighted by atomic mass is 16.6. The van der Waals surface area contributed by atoms with Gasteiger partial charge < -0.3 is 43.6 Å². The van der Waals surface area contributed by atoms with Crippen molar-refractivity contribution in [3.8, 4) is 0 Å². The molecular weight excluding hydrogens is 855 g/mol. The molecule has 0 fully saturated rings. The highest BCUT2D eigenvalue weighted by molar-refractivity contribution is 6.23. The number of rotatable bonds is 19. The van der Waals surface area contributed by atoms with Crippen molar-refractivity contribution in [2.24, 2.45) is 15.9 Å². The monoisotopic (exact) mass is 928 g/mol. The molecule has 1 amide bonds. The summed E-state index contributed by atoms with van der Waals surface area (Å²) in [5.41, 5.74) is 8.35. The van der Waals surface area contributed by atoms with E-state index in [0.717, 1.165) is 79.1 Å². The van der Waals surface area contributed by atoms with Crippen molar-refractivity contribution in [3.63, 3.8) is 0 Å². The Morgan fingerprint density at radius 1 is 0.866 bits per heavy atom. The number of methoxy groups -OCH3 is 1. The molecule has 0 aliphatic carbocycles. The number of hydrogen-bond donors (Lipinski definition) is 2. The van der Waals surface area contributed by atoms with Gasteiger partial charge >= 0.3 is 11.9 Å². The van der Waals surface area contributed by atoms with E-state index in [0.29, 0.717) is 64.6 Å². The van der Waals surface area contributed by atoms with Crippen molar-refractivity contribution in [1.29, 1.82) is 0 Å². The molecule has 1 unspecified atom stereocenters. The van der Waals surface area contributed by atoms with Crippen molar-refractivity contribution >= 4 is 47.2 Å². The van der Waals surface area contributed by atoms with E-state index < -0.39 is 42.1 Å². The van der Waals surface area contributed by atoms with Gasteiger partial charge in [-0.15, -0.1) is 0 Å². The molecule has 0 aromatic carbocycles. The van der Waals surface area contributed by atoms with E-state index in [-0.39, 0.29) is 30.6 Å². The van der Waals surface area contributed by atoms with Crippen LogP contribution in [0.4, 0.5) is 0 Å². The zero-order valence-corrected chi connectivity index (χ0v) is 41.9. The third-order valence-corrected chi connectivity index (χ3v) is 11.9. The van der Waals surface area contributed by atoms with Crippen LogP contribution in [-0.2, 0) is 47.6 Å². The molecular formula is C52H73N5O10. The van der Waals surface area contributed by atoms with Crippen LogP contribution >= 0.6 is 0 Å². The van der Waals surface area contributed by atoms with E-state index in [2.05, 4.69) is 43.7 Å². The minimum absolute atomic E-state index is 0.00389. The van der Waals surface area contributed by atoms with Gasteiger partial charge in [-0.1, -0.05) is 13.5 Å². The summed E-state index contributed by atoms with van der Waals surface area (Å²) >= 11 is 0. The lowest BCUT2D eigenvalue weighted by Gasteiger charge is -2.27. The Labute approximate surface area is 396 Å². The average Bonchev–Trinajstić information content (AvgIpc) is 3.88. The molecule has 4 aliphatic heterocycles. The Balaban J connectivity index is 1.55. The number of carbonyl (C=O) groups excluding carboxylic acids is 4. The first-order valence-electron chi connectivity index (χ1n) is 23.5. The predicted molar refractivity (Wildman–Crippen MR) is 260 cm³/mol. The summed E-state index contributed by atoms with van der Waals surface area (Å²) in [7, 11) is 1.64. The number of nitrogens with one attached hydrogen (secondary N) is 2. The standard InChI is InChI=1S/C52H73N5O10/c1-14-39-33(4)42-27-44-49(35(6)65-22-21-64-20-19-63-18-17-62-13)34(5)41(56-44)25-38-23-36(50(54-38)37-24-45(58)32(3)31(2)40(53-28-37)26-43(39)55-42)15-16-46(59)57(29-47(60)66-51(7,8)9)30-48(61)67-52(10,11)12/h25-27,35-36,53,56H,3,14-24,28-30H2,1-2,4-13H3/b40-31-,41-25-,43-26-,44-27-,50-37-/t35?,36-/m0/s1. The van der Waals surface area contributed by atoms with Gasteiger partial charge in [0.25, 0.3) is 0 Å². The third kappa shape index (κ3) is 14.6. The Kier molecular flexibility index (Phi) is 18.3. The molecule has 0 saturated carbocycles. The van der Waals surface area contributed by atoms with E-state index in [1.807, 2.05) is 26.0 Å². The molecule has 1 aromatic heterocycles. The predicted octanol–water partition coefficient (Wildman–Crippen LogP) is 6.12. The van der Waals surface area contributed by atoms with E-state index in [1.165, 1.54) is 4.90 Å². The van der Waals surface area contributed by atoms with Crippen LogP contribution in [0.25, 0.3) is 12.2 Å². The van der Waals surface area contributed by atoms with Crippen molar-refractivity contribution in [1.82, 2.24) is 15.2 Å². The fourth-order valence-corrected chi connectivity index (χ4v) is 8.54. The Bertz CT molecular complexity index is 2370. The number of H-pyrrole nitrogens is 1. The van der Waals surface area contributed by atoms with Gasteiger partial charge in [0, 0.05) is 71.4 Å². The number of ether oxygens (including phenoxy) is 6. The molecule has 2 N–H and O–H groups in total. The number of amides is 1. The van der Waals surface area contributed by atoms with Crippen molar-refractivity contribution in [2.45, 2.75) is 126 Å². The summed E-state index contributed by atoms with van der Waals surface area (Å²) < 4.78 is 33.8. The van der Waals surface area contributed by atoms with Crippen LogP contribution in [0.5, 0.6) is 0 Å². The van der Waals surface area contributed by atoms with Gasteiger partial charge in [0.05, 0.1) is 57.2 Å². The lowest BCUT2D eigenvalue weighted by molar-refractivity contribution is -0.163. The molecule has 15 nitrogen and oxygen atoms in total. The number of esters is 2. The van der Waals surface area contributed by atoms with Crippen LogP contribution in [0, 0.1) is 12.8 Å². The number of nitrogens with zero attached hydrogens (tertiary/aromatic N) is 3. The highest BCUT2D eigenvalue weighted by Crippen LogP contribution is 2.36. The number of fused-ring (bicyclic) bond motifs is 7. The SMILES string of the molecule is C=C1C(=O)C/C2=C3N=C(/C=c4\[nH]/c(c(C(C)OCCOCCOCCOC)c4C)=C\C4=NC(=C\C(=C\1C)NC2)/C(CC)=C4C)C[C@@H]/3CCC(=O)N(CC(=O)OC(C)(C)C)CC(=O)OC(C)(C)C. The third-order valence-electron chi connectivity index (χ3n) is 11.9. The number of allylic oxidation sites excluding steroid dienone is 6. The largest absolute Gasteiger partial charge is 0.459 e. The van der Waals surface area contributed by atoms with Crippen molar-refractivity contribution < 1.29 is 47.6 Å². The zero-order chi connectivity index (χ0) is 49.2. The maximum atomic E-state index is 14.1. The summed E-state index contributed by atoms with van der Waals surface area (Å²) in [6.45, 7) is 27.1. The van der Waals surface area contributed by atoms with Gasteiger partial charge in [-0.25, -0.2) is 4.99 Å². The molecule has 5 rings (SSSR count). The van der Waals surface area contributed by atoms with Gasteiger partial charge in [0.2, 0.25) is 5.91 Å². The summed E-state index contributed by atoms with van der Waals surface area (Å²) in [5.74, 6) is -2.06. The zero-order valence-electron chi connectivity index (χ0n) is 41.9. The minimum atomic E-state index is -0.790. The van der Waals surface area contributed by atoms with Gasteiger partial charge in [0.1, 0.15) is 24.3 Å². The maximum absolute atomic E-state index is 14.1. The number of aromatic amines is 1. The van der Waals surface area contributed by atoms with Crippen molar-refractivity contribution in [2.75, 3.05) is 66.4 Å². The number of aromatic nitrogens is 1. The lowest BCUT2D eigenvalue weighted by Crippen LogP contribution is -2.43. The second-order valence-electron chi connectivity index (χ2n) is 19.4. The van der Waals surface area contributed by atoms with E-state index in [1.54, 1.807) is 48.7 Å². The molecule has 0 radical (unpaired) electrons. The van der Waals surface area contributed by atoms with Crippen LogP contribution in [0.3, 0.4) is 0 Å². The molecule has 4 aliphatic rings. The maximum Gasteiger partial charge on any atom is 0.326 e. The van der Waals surface area contributed by atoms with Crippen LogP contribution in [0.15, 0.2) is 67.6 Å². The lowest BCUT2D eigenvalue weighted by atomic mass is 9.89. The first-order chi connectivity index (χ1) is 31.6. The van der Waals surface area contributed by atoms with Gasteiger partial charge in [-0.2, -0.15) is 0 Å². The Morgan fingerprint density at radius 3 is 2.10 bits per heavy atom. The molecule has 366 valence electrons. The van der Waals surface area contributed by atoms with Crippen LogP contribution in [0.1, 0.15) is 119 Å². The summed E-state index contributed by atoms with van der Waals surface area (Å²) in [6, 6.07) is 0. The molecule has 1 aromatic rings. The van der Waals surface area contributed by atoms with Crippen LogP contribution in [-0.4, -0.2) is 123 Å². The fraction of sp³-hybridized carbons (Fsp3) is 0.577. The Hall–Kier alpha value is -5.22. The molecule has 0 saturated heterocycles. The first-order valence-corrected chi connectivity index (χ1v) is 23.5. The number of ketones is 1. The first kappa shape index (κ1) is 52.7. The second kappa shape index (κ2) is 23.2. The highest BCUT2D eigenvalue weighted by Gasteiger charge is 2.32. The molecule has 8 bridgehead atoms. The summed E-state index contributed by atoms with van der Waals surface area (Å²) in [4.78, 5) is 69.5. The van der Waals surface area contributed by atoms with Gasteiger partial charge in [-0.3, -0.25) is 24.2 Å². The topological polar surface area (TPSA) is 179 Å². The van der Waals surface area contributed by atoms with Crippen LogP contribution in [0.2, 0.25) is 0 Å². The average molecular weight is 928 g/mol. The normalized spacial score (nSPS) is 22.1. The van der Waals surface area contributed by atoms with Crippen LogP contribution < -0.4 is 16.0 Å². The van der Waals surface area contributed by atoms with E-state index in [4.69, 9.17) is 38.4 Å². The summed E-state index contributed by atoms with van der Waals surface area (Å²) in [6.07, 6.45) is 7.46. The number of aliphatic imine (C=N–C) groups is 2. The Morgan fingerprint density at radius 2 is 1.49 bits per heavy atom. The van der Waals surface area contributed by atoms with Gasteiger partial charge in [-0.05, 0) is 135 Å². The van der Waals surface area contributed by atoms with Gasteiger partial charge in [0.15, 0.2) is 5.78 Å². The molecule has 15 heteroatoms. The molecule has 5 heterocycles. The molecule has 0 spiro atoms. The molecule has 67 heavy (non-hydrogen) atoms. The summed E-state index contributed by atoms with van der Waals surface area (Å²) in [5, 5.41) is 5.33. The quantitative estimate of drug-likeness (QED) is 0.0928. The minimum Gasteiger partial charge on any atom is -0.459 e. The number of carbonyl (C=O) groups is 4. The smallest absolute Gasteiger partial charge is 0.326 e. The number of hydrogen-bond acceptors (Lipinski definition) is 13.